The molecule has 0 amide bonds. The van der Waals surface area contributed by atoms with Crippen molar-refractivity contribution in [1.82, 2.24) is 8.87 Å². The molecule has 4 rings (SSSR count). The van der Waals surface area contributed by atoms with Gasteiger partial charge < -0.3 is 13.7 Å². The molecule has 0 unspecified atom stereocenters. The van der Waals surface area contributed by atoms with Crippen LogP contribution in [0.4, 0.5) is 0 Å². The van der Waals surface area contributed by atoms with Gasteiger partial charge in [-0.3, -0.25) is 4.79 Å². The van der Waals surface area contributed by atoms with Crippen LogP contribution < -0.4 is 0 Å². The molecule has 9 heteroatoms. The minimum Gasteiger partial charge on any atom is -0.467 e. The number of sulfonamides is 1. The highest BCUT2D eigenvalue weighted by Gasteiger charge is 2.28. The Morgan fingerprint density at radius 1 is 1.06 bits per heavy atom. The van der Waals surface area contributed by atoms with Crippen molar-refractivity contribution in [1.29, 1.82) is 0 Å². The number of hydrogen-bond donors (Lipinski definition) is 0. The minimum absolute atomic E-state index is 0.0478. The first-order valence-corrected chi connectivity index (χ1v) is 12.2. The van der Waals surface area contributed by atoms with Gasteiger partial charge in [-0.1, -0.05) is 6.07 Å². The van der Waals surface area contributed by atoms with E-state index >= 15 is 0 Å². The van der Waals surface area contributed by atoms with Crippen LogP contribution in [0.5, 0.6) is 0 Å². The third-order valence-corrected chi connectivity index (χ3v) is 7.77. The number of ketones is 1. The number of furan rings is 1. The highest BCUT2D eigenvalue weighted by Crippen LogP contribution is 2.22. The van der Waals surface area contributed by atoms with Gasteiger partial charge in [-0.05, 0) is 63.1 Å². The lowest BCUT2D eigenvalue weighted by Gasteiger charge is -2.15. The monoisotopic (exact) mass is 470 g/mol. The fraction of sp³-hybridized carbons (Fsp3) is 0.333. The van der Waals surface area contributed by atoms with Crippen molar-refractivity contribution in [2.45, 2.75) is 38.1 Å². The number of aromatic nitrogens is 1. The van der Waals surface area contributed by atoms with Gasteiger partial charge in [0.1, 0.15) is 5.76 Å². The second-order valence-electron chi connectivity index (χ2n) is 8.09. The van der Waals surface area contributed by atoms with Crippen LogP contribution in [-0.4, -0.2) is 48.7 Å². The molecule has 0 atom stereocenters. The molecule has 1 saturated heterocycles. The summed E-state index contributed by atoms with van der Waals surface area (Å²) in [5, 5.41) is 0. The highest BCUT2D eigenvalue weighted by molar-refractivity contribution is 7.89. The minimum atomic E-state index is -3.65. The molecule has 3 aromatic rings. The van der Waals surface area contributed by atoms with E-state index in [-0.39, 0.29) is 16.2 Å². The fourth-order valence-corrected chi connectivity index (χ4v) is 5.60. The molecule has 1 fully saturated rings. The molecule has 0 N–H and O–H groups in total. The lowest BCUT2D eigenvalue weighted by Crippen LogP contribution is -2.28. The van der Waals surface area contributed by atoms with Crippen molar-refractivity contribution >= 4 is 21.8 Å². The summed E-state index contributed by atoms with van der Waals surface area (Å²) in [6.45, 7) is 4.74. The Hall–Kier alpha value is -3.17. The Balaban J connectivity index is 1.44. The van der Waals surface area contributed by atoms with Gasteiger partial charge in [-0.25, -0.2) is 13.2 Å². The van der Waals surface area contributed by atoms with Crippen molar-refractivity contribution in [3.05, 3.63) is 77.0 Å². The van der Waals surface area contributed by atoms with E-state index in [2.05, 4.69) is 0 Å². The van der Waals surface area contributed by atoms with E-state index in [0.29, 0.717) is 25.2 Å². The first kappa shape index (κ1) is 23.0. The van der Waals surface area contributed by atoms with Gasteiger partial charge in [0, 0.05) is 30.0 Å². The molecule has 1 aromatic carbocycles. The summed E-state index contributed by atoms with van der Waals surface area (Å²) in [4.78, 5) is 25.3. The van der Waals surface area contributed by atoms with E-state index in [1.807, 2.05) is 24.5 Å². The molecule has 2 aromatic heterocycles. The second-order valence-corrected chi connectivity index (χ2v) is 10.0. The molecular weight excluding hydrogens is 444 g/mol. The van der Waals surface area contributed by atoms with Gasteiger partial charge in [-0.2, -0.15) is 4.31 Å². The molecule has 33 heavy (non-hydrogen) atoms. The number of Topliss-reactive ketones (excluding diaryl/α,β-unsaturated/α-hetero) is 1. The first-order chi connectivity index (χ1) is 15.8. The van der Waals surface area contributed by atoms with Crippen LogP contribution in [0.15, 0.2) is 58.0 Å². The van der Waals surface area contributed by atoms with Crippen molar-refractivity contribution in [3.63, 3.8) is 0 Å². The smallest absolute Gasteiger partial charge is 0.338 e. The number of hydrogen-bond acceptors (Lipinski definition) is 6. The normalized spacial score (nSPS) is 14.5. The molecule has 0 bridgehead atoms. The van der Waals surface area contributed by atoms with Gasteiger partial charge in [0.25, 0.3) is 0 Å². The zero-order valence-corrected chi connectivity index (χ0v) is 19.4. The number of ether oxygens (including phenoxy) is 1. The summed E-state index contributed by atoms with van der Waals surface area (Å²) in [6.07, 6.45) is 3.25. The van der Waals surface area contributed by atoms with E-state index in [1.54, 1.807) is 18.4 Å². The van der Waals surface area contributed by atoms with Gasteiger partial charge in [0.2, 0.25) is 15.8 Å². The summed E-state index contributed by atoms with van der Waals surface area (Å²) in [5.74, 6) is -0.305. The van der Waals surface area contributed by atoms with Gasteiger partial charge in [-0.15, -0.1) is 0 Å². The third kappa shape index (κ3) is 4.79. The quantitative estimate of drug-likeness (QED) is 0.369. The summed E-state index contributed by atoms with van der Waals surface area (Å²) in [7, 11) is -3.65. The maximum absolute atomic E-state index is 12.8. The number of nitrogens with zero attached hydrogens (tertiary/aromatic N) is 2. The zero-order valence-electron chi connectivity index (χ0n) is 18.6. The summed E-state index contributed by atoms with van der Waals surface area (Å²) in [6, 6.07) is 11.2. The fourth-order valence-electron chi connectivity index (χ4n) is 4.04. The molecule has 0 spiro atoms. The topological polar surface area (TPSA) is 98.8 Å². The van der Waals surface area contributed by atoms with E-state index in [9.17, 15) is 18.0 Å². The van der Waals surface area contributed by atoms with E-state index in [4.69, 9.17) is 9.15 Å². The lowest BCUT2D eigenvalue weighted by atomic mass is 10.1. The van der Waals surface area contributed by atoms with E-state index in [1.165, 1.54) is 28.6 Å². The predicted octanol–water partition coefficient (Wildman–Crippen LogP) is 3.57. The van der Waals surface area contributed by atoms with Crippen LogP contribution in [0.2, 0.25) is 0 Å². The molecule has 3 heterocycles. The third-order valence-electron chi connectivity index (χ3n) is 5.88. The average molecular weight is 471 g/mol. The maximum atomic E-state index is 12.8. The van der Waals surface area contributed by atoms with Gasteiger partial charge >= 0.3 is 5.97 Å². The number of aryl methyl sites for hydroxylation is 1. The maximum Gasteiger partial charge on any atom is 0.338 e. The highest BCUT2D eigenvalue weighted by atomic mass is 32.2. The molecule has 0 aliphatic carbocycles. The summed E-state index contributed by atoms with van der Waals surface area (Å²) >= 11 is 0. The number of carbonyl (C=O) groups is 2. The summed E-state index contributed by atoms with van der Waals surface area (Å²) < 4.78 is 39.5. The second kappa shape index (κ2) is 9.36. The van der Waals surface area contributed by atoms with Crippen molar-refractivity contribution in [3.8, 4) is 0 Å². The molecule has 1 aliphatic rings. The first-order valence-electron chi connectivity index (χ1n) is 10.8. The molecular formula is C24H26N2O6S. The number of rotatable bonds is 8. The number of esters is 1. The predicted molar refractivity (Wildman–Crippen MR) is 121 cm³/mol. The van der Waals surface area contributed by atoms with Crippen LogP contribution in [-0.2, 0) is 21.3 Å². The molecule has 0 radical (unpaired) electrons. The average Bonchev–Trinajstić information content (AvgIpc) is 3.57. The van der Waals surface area contributed by atoms with Crippen LogP contribution >= 0.6 is 0 Å². The Labute approximate surface area is 192 Å². The SMILES string of the molecule is Cc1cc(C(=O)COC(=O)c2cccc(S(=O)(=O)N3CCCC3)c2)c(C)n1Cc1ccco1. The van der Waals surface area contributed by atoms with Crippen molar-refractivity contribution < 1.29 is 27.2 Å². The largest absolute Gasteiger partial charge is 0.467 e. The van der Waals surface area contributed by atoms with Crippen LogP contribution in [0.1, 0.15) is 50.7 Å². The van der Waals surface area contributed by atoms with Gasteiger partial charge in [0.05, 0.1) is 23.3 Å². The van der Waals surface area contributed by atoms with Crippen LogP contribution in [0.3, 0.4) is 0 Å². The molecule has 174 valence electrons. The van der Waals surface area contributed by atoms with Crippen LogP contribution in [0.25, 0.3) is 0 Å². The Kier molecular flexibility index (Phi) is 6.53. The standard InChI is InChI=1S/C24H26N2O6S/c1-17-13-22(18(2)26(17)15-20-8-6-12-31-20)23(27)16-32-24(28)19-7-5-9-21(14-19)33(29,30)25-10-3-4-11-25/h5-9,12-14H,3-4,10-11,15-16H2,1-2H3. The molecule has 8 nitrogen and oxygen atoms in total. The van der Waals surface area contributed by atoms with Gasteiger partial charge in [0.15, 0.2) is 6.61 Å². The number of benzene rings is 1. The number of carbonyl (C=O) groups excluding carboxylic acids is 2. The van der Waals surface area contributed by atoms with E-state index < -0.39 is 22.6 Å². The Bertz CT molecular complexity index is 1270. The molecule has 1 aliphatic heterocycles. The zero-order chi connectivity index (χ0) is 23.6. The van der Waals surface area contributed by atoms with Crippen LogP contribution in [0, 0.1) is 13.8 Å². The van der Waals surface area contributed by atoms with Crippen molar-refractivity contribution in [2.24, 2.45) is 0 Å². The Morgan fingerprint density at radius 2 is 1.82 bits per heavy atom. The van der Waals surface area contributed by atoms with E-state index in [0.717, 1.165) is 30.0 Å². The summed E-state index contributed by atoms with van der Waals surface area (Å²) in [5.41, 5.74) is 2.20. The lowest BCUT2D eigenvalue weighted by molar-refractivity contribution is 0.0474. The van der Waals surface area contributed by atoms with Crippen molar-refractivity contribution in [2.75, 3.05) is 19.7 Å². The Morgan fingerprint density at radius 3 is 2.52 bits per heavy atom. The molecule has 0 saturated carbocycles.